The van der Waals surface area contributed by atoms with Gasteiger partial charge in [-0.2, -0.15) is 5.10 Å². The average molecular weight is 246 g/mol. The second-order valence-corrected chi connectivity index (χ2v) is 4.29. The molecule has 0 bridgehead atoms. The van der Waals surface area contributed by atoms with Crippen molar-refractivity contribution >= 4 is 11.5 Å². The quantitative estimate of drug-likeness (QED) is 0.864. The minimum atomic E-state index is 0.257. The van der Waals surface area contributed by atoms with Gasteiger partial charge in [-0.15, -0.1) is 0 Å². The topological polar surface area (TPSA) is 67.3 Å². The van der Waals surface area contributed by atoms with Crippen molar-refractivity contribution in [1.29, 1.82) is 0 Å². The van der Waals surface area contributed by atoms with Crippen LogP contribution in [0.25, 0.3) is 0 Å². The number of phenols is 1. The lowest BCUT2D eigenvalue weighted by Gasteiger charge is -2.21. The van der Waals surface area contributed by atoms with Crippen LogP contribution in [0, 0.1) is 6.92 Å². The number of aryl methyl sites for hydroxylation is 2. The van der Waals surface area contributed by atoms with Gasteiger partial charge in [-0.05, 0) is 31.2 Å². The summed E-state index contributed by atoms with van der Waals surface area (Å²) in [6.07, 6.45) is 0. The second-order valence-electron chi connectivity index (χ2n) is 4.29. The Morgan fingerprint density at radius 3 is 2.50 bits per heavy atom. The Morgan fingerprint density at radius 1 is 1.33 bits per heavy atom. The van der Waals surface area contributed by atoms with Crippen LogP contribution in [-0.2, 0) is 13.6 Å². The Labute approximate surface area is 106 Å². The van der Waals surface area contributed by atoms with E-state index in [1.54, 1.807) is 12.1 Å². The summed E-state index contributed by atoms with van der Waals surface area (Å²) in [6.45, 7) is 2.41. The normalized spacial score (nSPS) is 10.7. The van der Waals surface area contributed by atoms with Crippen LogP contribution in [0.3, 0.4) is 0 Å². The fraction of sp³-hybridized carbons (Fsp3) is 0.308. The highest BCUT2D eigenvalue weighted by molar-refractivity contribution is 5.64. The van der Waals surface area contributed by atoms with Crippen molar-refractivity contribution in [2.75, 3.05) is 11.9 Å². The van der Waals surface area contributed by atoms with Gasteiger partial charge in [0.05, 0.1) is 5.69 Å². The summed E-state index contributed by atoms with van der Waals surface area (Å²) < 4.78 is 1.82. The molecule has 0 atom stereocenters. The van der Waals surface area contributed by atoms with Gasteiger partial charge < -0.3 is 15.7 Å². The summed E-state index contributed by atoms with van der Waals surface area (Å²) in [5.41, 5.74) is 8.74. The maximum Gasteiger partial charge on any atom is 0.135 e. The molecule has 1 aromatic heterocycles. The lowest BCUT2D eigenvalue weighted by molar-refractivity contribution is 0.475. The Balaban J connectivity index is 2.45. The monoisotopic (exact) mass is 246 g/mol. The molecule has 0 saturated carbocycles. The van der Waals surface area contributed by atoms with E-state index in [-0.39, 0.29) is 5.75 Å². The maximum atomic E-state index is 9.31. The largest absolute Gasteiger partial charge is 0.508 e. The molecule has 5 heteroatoms. The van der Waals surface area contributed by atoms with Gasteiger partial charge in [-0.3, -0.25) is 4.68 Å². The lowest BCUT2D eigenvalue weighted by Crippen LogP contribution is -2.16. The number of anilines is 2. The molecule has 0 aliphatic rings. The minimum absolute atomic E-state index is 0.257. The van der Waals surface area contributed by atoms with Crippen molar-refractivity contribution in [2.24, 2.45) is 12.8 Å². The zero-order valence-electron chi connectivity index (χ0n) is 10.9. The van der Waals surface area contributed by atoms with E-state index in [1.807, 2.05) is 42.7 Å². The SMILES string of the molecule is Cc1nn(C)c(N(C)c2ccc(O)cc2)c1CN. The first kappa shape index (κ1) is 12.4. The Kier molecular flexibility index (Phi) is 3.25. The van der Waals surface area contributed by atoms with Crippen LogP contribution in [0.15, 0.2) is 24.3 Å². The van der Waals surface area contributed by atoms with E-state index in [0.29, 0.717) is 6.54 Å². The second kappa shape index (κ2) is 4.70. The fourth-order valence-electron chi connectivity index (χ4n) is 2.15. The fourth-order valence-corrected chi connectivity index (χ4v) is 2.15. The van der Waals surface area contributed by atoms with Crippen LogP contribution in [0.4, 0.5) is 11.5 Å². The van der Waals surface area contributed by atoms with Gasteiger partial charge in [-0.1, -0.05) is 0 Å². The maximum absolute atomic E-state index is 9.31. The van der Waals surface area contributed by atoms with E-state index in [1.165, 1.54) is 0 Å². The van der Waals surface area contributed by atoms with Gasteiger partial charge in [0.1, 0.15) is 11.6 Å². The molecule has 0 unspecified atom stereocenters. The highest BCUT2D eigenvalue weighted by Gasteiger charge is 2.16. The molecular weight excluding hydrogens is 228 g/mol. The molecular formula is C13H18N4O. The highest BCUT2D eigenvalue weighted by Crippen LogP contribution is 2.29. The van der Waals surface area contributed by atoms with Gasteiger partial charge in [-0.25, -0.2) is 0 Å². The molecule has 96 valence electrons. The lowest BCUT2D eigenvalue weighted by atomic mass is 10.2. The van der Waals surface area contributed by atoms with Crippen LogP contribution in [0.5, 0.6) is 5.75 Å². The van der Waals surface area contributed by atoms with Gasteiger partial charge in [0.15, 0.2) is 0 Å². The van der Waals surface area contributed by atoms with E-state index < -0.39 is 0 Å². The smallest absolute Gasteiger partial charge is 0.135 e. The van der Waals surface area contributed by atoms with Crippen LogP contribution in [-0.4, -0.2) is 21.9 Å². The van der Waals surface area contributed by atoms with Gasteiger partial charge >= 0.3 is 0 Å². The average Bonchev–Trinajstić information content (AvgIpc) is 2.63. The predicted molar refractivity (Wildman–Crippen MR) is 72.0 cm³/mol. The first-order valence-corrected chi connectivity index (χ1v) is 5.80. The highest BCUT2D eigenvalue weighted by atomic mass is 16.3. The van der Waals surface area contributed by atoms with Gasteiger partial charge in [0.25, 0.3) is 0 Å². The van der Waals surface area contributed by atoms with E-state index >= 15 is 0 Å². The Bertz CT molecular complexity index is 545. The molecule has 0 aliphatic carbocycles. The number of hydrogen-bond acceptors (Lipinski definition) is 4. The molecule has 2 aromatic rings. The zero-order valence-corrected chi connectivity index (χ0v) is 10.9. The van der Waals surface area contributed by atoms with E-state index in [0.717, 1.165) is 22.8 Å². The molecule has 0 saturated heterocycles. The van der Waals surface area contributed by atoms with E-state index in [4.69, 9.17) is 5.73 Å². The molecule has 0 spiro atoms. The van der Waals surface area contributed by atoms with Crippen LogP contribution in [0.1, 0.15) is 11.3 Å². The van der Waals surface area contributed by atoms with Crippen molar-refractivity contribution in [2.45, 2.75) is 13.5 Å². The summed E-state index contributed by atoms with van der Waals surface area (Å²) in [4.78, 5) is 2.02. The third kappa shape index (κ3) is 2.04. The van der Waals surface area contributed by atoms with E-state index in [9.17, 15) is 5.11 Å². The third-order valence-electron chi connectivity index (χ3n) is 3.07. The standard InChI is InChI=1S/C13H18N4O/c1-9-12(8-14)13(17(3)15-9)16(2)10-4-6-11(18)7-5-10/h4-7,18H,8,14H2,1-3H3. The van der Waals surface area contributed by atoms with Gasteiger partial charge in [0.2, 0.25) is 0 Å². The van der Waals surface area contributed by atoms with Crippen molar-refractivity contribution in [1.82, 2.24) is 9.78 Å². The number of aromatic hydroxyl groups is 1. The van der Waals surface area contributed by atoms with Crippen molar-refractivity contribution in [3.05, 3.63) is 35.5 Å². The molecule has 3 N–H and O–H groups in total. The summed E-state index contributed by atoms with van der Waals surface area (Å²) in [6, 6.07) is 7.05. The predicted octanol–water partition coefficient (Wildman–Crippen LogP) is 1.66. The molecule has 0 radical (unpaired) electrons. The zero-order chi connectivity index (χ0) is 13.3. The summed E-state index contributed by atoms with van der Waals surface area (Å²) in [5, 5.41) is 13.7. The summed E-state index contributed by atoms with van der Waals surface area (Å²) in [7, 11) is 3.86. The molecule has 2 rings (SSSR count). The summed E-state index contributed by atoms with van der Waals surface area (Å²) in [5.74, 6) is 1.23. The van der Waals surface area contributed by atoms with Crippen molar-refractivity contribution < 1.29 is 5.11 Å². The van der Waals surface area contributed by atoms with Crippen LogP contribution in [0.2, 0.25) is 0 Å². The number of rotatable bonds is 3. The number of benzene rings is 1. The van der Waals surface area contributed by atoms with Gasteiger partial charge in [0, 0.05) is 31.9 Å². The van der Waals surface area contributed by atoms with Crippen LogP contribution < -0.4 is 10.6 Å². The first-order valence-electron chi connectivity index (χ1n) is 5.80. The number of nitrogens with two attached hydrogens (primary N) is 1. The Hall–Kier alpha value is -2.01. The molecule has 18 heavy (non-hydrogen) atoms. The number of aromatic nitrogens is 2. The van der Waals surface area contributed by atoms with E-state index in [2.05, 4.69) is 5.10 Å². The van der Waals surface area contributed by atoms with Crippen LogP contribution >= 0.6 is 0 Å². The molecule has 1 heterocycles. The number of hydrogen-bond donors (Lipinski definition) is 2. The molecule has 0 amide bonds. The molecule has 1 aromatic carbocycles. The summed E-state index contributed by atoms with van der Waals surface area (Å²) >= 11 is 0. The number of phenolic OH excluding ortho intramolecular Hbond substituents is 1. The third-order valence-corrected chi connectivity index (χ3v) is 3.07. The van der Waals surface area contributed by atoms with Crippen molar-refractivity contribution in [3.63, 3.8) is 0 Å². The first-order chi connectivity index (χ1) is 8.54. The number of nitrogens with zero attached hydrogens (tertiary/aromatic N) is 3. The minimum Gasteiger partial charge on any atom is -0.508 e. The molecule has 5 nitrogen and oxygen atoms in total. The van der Waals surface area contributed by atoms with Crippen molar-refractivity contribution in [3.8, 4) is 5.75 Å². The molecule has 0 fully saturated rings. The molecule has 0 aliphatic heterocycles. The Morgan fingerprint density at radius 2 is 1.94 bits per heavy atom.